The first-order valence-corrected chi connectivity index (χ1v) is 9.36. The van der Waals surface area contributed by atoms with Crippen LogP contribution in [0.2, 0.25) is 0 Å². The summed E-state index contributed by atoms with van der Waals surface area (Å²) < 4.78 is 35.1. The molecule has 0 aliphatic rings. The second-order valence-electron chi connectivity index (χ2n) is 6.70. The van der Waals surface area contributed by atoms with Crippen molar-refractivity contribution in [3.8, 4) is 16.9 Å². The Morgan fingerprint density at radius 1 is 1.17 bits per heavy atom. The molecule has 1 N–H and O–H groups in total. The number of nitrogens with zero attached hydrogens (tertiary/aromatic N) is 2. The van der Waals surface area contributed by atoms with Gasteiger partial charge in [-0.2, -0.15) is 0 Å². The number of hydrogen-bond donors (Lipinski definition) is 1. The van der Waals surface area contributed by atoms with Crippen LogP contribution < -0.4 is 4.74 Å². The molecular weight excluding hydrogens is 390 g/mol. The number of benzene rings is 2. The van der Waals surface area contributed by atoms with Gasteiger partial charge in [-0.1, -0.05) is 6.07 Å². The number of aromatic nitrogens is 2. The summed E-state index contributed by atoms with van der Waals surface area (Å²) in [6, 6.07) is 11.8. The molecule has 0 aliphatic heterocycles. The summed E-state index contributed by atoms with van der Waals surface area (Å²) in [5.41, 5.74) is 1.64. The van der Waals surface area contributed by atoms with Crippen molar-refractivity contribution in [2.24, 2.45) is 0 Å². The average molecular weight is 408 g/mol. The zero-order valence-electron chi connectivity index (χ0n) is 16.1. The molecule has 7 heteroatoms. The zero-order valence-corrected chi connectivity index (χ0v) is 16.1. The summed E-state index contributed by atoms with van der Waals surface area (Å²) in [4.78, 5) is 16.4. The minimum atomic E-state index is -1.18. The summed E-state index contributed by atoms with van der Waals surface area (Å²) >= 11 is 0. The van der Waals surface area contributed by atoms with E-state index in [-0.39, 0.29) is 17.8 Å². The predicted molar refractivity (Wildman–Crippen MR) is 109 cm³/mol. The maximum Gasteiger partial charge on any atom is 0.353 e. The molecule has 2 aromatic carbocycles. The monoisotopic (exact) mass is 408 g/mol. The lowest BCUT2D eigenvalue weighted by Crippen LogP contribution is -2.11. The predicted octanol–water partition coefficient (Wildman–Crippen LogP) is 5.13. The number of hydrogen-bond acceptors (Lipinski definition) is 3. The molecule has 0 unspecified atom stereocenters. The number of carboxylic acid groups (broad SMARTS) is 1. The summed E-state index contributed by atoms with van der Waals surface area (Å²) in [5.74, 6) is -1.80. The number of carbonyl (C=O) groups is 1. The van der Waals surface area contributed by atoms with Crippen molar-refractivity contribution in [2.75, 3.05) is 6.61 Å². The molecule has 0 saturated heterocycles. The first-order valence-electron chi connectivity index (χ1n) is 9.36. The Morgan fingerprint density at radius 3 is 2.70 bits per heavy atom. The van der Waals surface area contributed by atoms with Gasteiger partial charge in [0, 0.05) is 40.0 Å². The van der Waals surface area contributed by atoms with Crippen LogP contribution in [0.5, 0.6) is 5.75 Å². The molecule has 0 fully saturated rings. The van der Waals surface area contributed by atoms with Gasteiger partial charge >= 0.3 is 5.97 Å². The van der Waals surface area contributed by atoms with Gasteiger partial charge in [0.05, 0.1) is 13.2 Å². The van der Waals surface area contributed by atoms with Crippen LogP contribution in [0.1, 0.15) is 23.0 Å². The van der Waals surface area contributed by atoms with Gasteiger partial charge < -0.3 is 14.4 Å². The van der Waals surface area contributed by atoms with Crippen LogP contribution in [0.25, 0.3) is 22.0 Å². The summed E-state index contributed by atoms with van der Waals surface area (Å²) in [5, 5.41) is 10.7. The van der Waals surface area contributed by atoms with E-state index in [1.807, 2.05) is 6.92 Å². The second kappa shape index (κ2) is 7.94. The van der Waals surface area contributed by atoms with Crippen molar-refractivity contribution in [3.05, 3.63) is 83.8 Å². The molecule has 4 aromatic rings. The molecule has 5 nitrogen and oxygen atoms in total. The van der Waals surface area contributed by atoms with E-state index in [1.165, 1.54) is 4.57 Å². The Kier molecular flexibility index (Phi) is 5.18. The molecule has 0 spiro atoms. The van der Waals surface area contributed by atoms with Crippen molar-refractivity contribution in [1.82, 2.24) is 9.55 Å². The minimum absolute atomic E-state index is 0.0321. The van der Waals surface area contributed by atoms with Gasteiger partial charge in [0.25, 0.3) is 0 Å². The van der Waals surface area contributed by atoms with Crippen LogP contribution >= 0.6 is 0 Å². The van der Waals surface area contributed by atoms with Crippen molar-refractivity contribution >= 4 is 16.9 Å². The van der Waals surface area contributed by atoms with Crippen molar-refractivity contribution in [2.45, 2.75) is 13.5 Å². The van der Waals surface area contributed by atoms with Crippen LogP contribution in [0.4, 0.5) is 8.78 Å². The first-order chi connectivity index (χ1) is 14.5. The second-order valence-corrected chi connectivity index (χ2v) is 6.70. The molecule has 0 saturated carbocycles. The summed E-state index contributed by atoms with van der Waals surface area (Å²) in [7, 11) is 0. The SMILES string of the molecule is CCOc1ccc2c(c1)c(-c1cccnc1)c(C(=O)O)n2Cc1cc(F)ccc1F. The summed E-state index contributed by atoms with van der Waals surface area (Å²) in [6.07, 6.45) is 3.17. The fourth-order valence-electron chi connectivity index (χ4n) is 3.61. The van der Waals surface area contributed by atoms with E-state index in [1.54, 1.807) is 42.7 Å². The average Bonchev–Trinajstić information content (AvgIpc) is 3.05. The van der Waals surface area contributed by atoms with Crippen LogP contribution in [-0.2, 0) is 6.54 Å². The highest BCUT2D eigenvalue weighted by Gasteiger charge is 2.25. The third-order valence-electron chi connectivity index (χ3n) is 4.83. The van der Waals surface area contributed by atoms with Gasteiger partial charge in [-0.3, -0.25) is 4.98 Å². The van der Waals surface area contributed by atoms with Crippen LogP contribution in [0.15, 0.2) is 60.9 Å². The smallest absolute Gasteiger partial charge is 0.353 e. The minimum Gasteiger partial charge on any atom is -0.494 e. The van der Waals surface area contributed by atoms with E-state index < -0.39 is 17.6 Å². The lowest BCUT2D eigenvalue weighted by molar-refractivity contribution is 0.0687. The zero-order chi connectivity index (χ0) is 21.3. The maximum absolute atomic E-state index is 14.3. The Balaban J connectivity index is 2.03. The van der Waals surface area contributed by atoms with Crippen molar-refractivity contribution in [1.29, 1.82) is 0 Å². The van der Waals surface area contributed by atoms with Gasteiger partial charge in [0.2, 0.25) is 0 Å². The largest absolute Gasteiger partial charge is 0.494 e. The van der Waals surface area contributed by atoms with Crippen LogP contribution in [0.3, 0.4) is 0 Å². The number of carboxylic acids is 1. The fraction of sp³-hybridized carbons (Fsp3) is 0.130. The van der Waals surface area contributed by atoms with E-state index >= 15 is 0 Å². The number of ether oxygens (including phenoxy) is 1. The Labute approximate surface area is 171 Å². The molecule has 0 radical (unpaired) electrons. The van der Waals surface area contributed by atoms with Gasteiger partial charge in [0.15, 0.2) is 0 Å². The molecule has 2 heterocycles. The number of halogens is 2. The lowest BCUT2D eigenvalue weighted by atomic mass is 10.0. The topological polar surface area (TPSA) is 64.3 Å². The van der Waals surface area contributed by atoms with E-state index in [9.17, 15) is 18.7 Å². The number of fused-ring (bicyclic) bond motifs is 1. The van der Waals surface area contributed by atoms with E-state index in [2.05, 4.69) is 4.98 Å². The van der Waals surface area contributed by atoms with Crippen LogP contribution in [-0.4, -0.2) is 27.2 Å². The molecule has 0 bridgehead atoms. The molecule has 152 valence electrons. The summed E-state index contributed by atoms with van der Waals surface area (Å²) in [6.45, 7) is 2.16. The standard InChI is InChI=1S/C23H18F2N2O3/c1-2-30-17-6-8-20-18(11-17)21(14-4-3-9-26-12-14)22(23(28)29)27(20)13-15-10-16(24)5-7-19(15)25/h3-12H,2,13H2,1H3,(H,28,29). The molecule has 2 aromatic heterocycles. The van der Waals surface area contributed by atoms with E-state index in [0.717, 1.165) is 18.2 Å². The third-order valence-corrected chi connectivity index (χ3v) is 4.83. The van der Waals surface area contributed by atoms with E-state index in [4.69, 9.17) is 4.74 Å². The highest BCUT2D eigenvalue weighted by molar-refractivity contribution is 6.08. The van der Waals surface area contributed by atoms with Gasteiger partial charge in [-0.15, -0.1) is 0 Å². The van der Waals surface area contributed by atoms with Crippen molar-refractivity contribution < 1.29 is 23.4 Å². The molecule has 0 atom stereocenters. The quantitative estimate of drug-likeness (QED) is 0.481. The lowest BCUT2D eigenvalue weighted by Gasteiger charge is -2.11. The Hall–Kier alpha value is -3.74. The highest BCUT2D eigenvalue weighted by atomic mass is 19.1. The highest BCUT2D eigenvalue weighted by Crippen LogP contribution is 2.37. The Bertz CT molecular complexity index is 1240. The molecule has 0 amide bonds. The van der Waals surface area contributed by atoms with Crippen LogP contribution in [0, 0.1) is 11.6 Å². The maximum atomic E-state index is 14.3. The number of pyridine rings is 1. The van der Waals surface area contributed by atoms with Gasteiger partial charge in [-0.05, 0) is 49.4 Å². The fourth-order valence-corrected chi connectivity index (χ4v) is 3.61. The molecular formula is C23H18F2N2O3. The van der Waals surface area contributed by atoms with Gasteiger partial charge in [0.1, 0.15) is 23.1 Å². The van der Waals surface area contributed by atoms with Crippen molar-refractivity contribution in [3.63, 3.8) is 0 Å². The van der Waals surface area contributed by atoms with Gasteiger partial charge in [-0.25, -0.2) is 13.6 Å². The van der Waals surface area contributed by atoms with E-state index in [0.29, 0.717) is 34.4 Å². The molecule has 0 aliphatic carbocycles. The Morgan fingerprint density at radius 2 is 2.00 bits per heavy atom. The third kappa shape index (κ3) is 3.50. The number of rotatable bonds is 6. The molecule has 4 rings (SSSR count). The number of aromatic carboxylic acids is 1. The normalized spacial score (nSPS) is 11.0. The first kappa shape index (κ1) is 19.6. The molecule has 30 heavy (non-hydrogen) atoms.